The molecule has 1 aliphatic carbocycles. The van der Waals surface area contributed by atoms with Crippen LogP contribution in [-0.2, 0) is 14.3 Å². The maximum atomic E-state index is 14.1. The molecule has 108 valence electrons. The first kappa shape index (κ1) is 13.3. The molecular formula is C14H22FNO3. The van der Waals surface area contributed by atoms with Crippen molar-refractivity contribution in [1.29, 1.82) is 0 Å². The smallest absolute Gasteiger partial charge is 0.257 e. The fourth-order valence-corrected chi connectivity index (χ4v) is 3.07. The van der Waals surface area contributed by atoms with Gasteiger partial charge in [-0.1, -0.05) is 12.8 Å². The first-order chi connectivity index (χ1) is 8.96. The molecule has 0 bridgehead atoms. The summed E-state index contributed by atoms with van der Waals surface area (Å²) in [5, 5.41) is 0. The zero-order chi connectivity index (χ0) is 13.6. The monoisotopic (exact) mass is 271 g/mol. The van der Waals surface area contributed by atoms with Crippen molar-refractivity contribution in [3.63, 3.8) is 0 Å². The number of amides is 1. The highest BCUT2D eigenvalue weighted by molar-refractivity contribution is 5.81. The van der Waals surface area contributed by atoms with Gasteiger partial charge in [-0.2, -0.15) is 0 Å². The Morgan fingerprint density at radius 1 is 1.42 bits per heavy atom. The van der Waals surface area contributed by atoms with E-state index in [1.165, 1.54) is 0 Å². The molecule has 0 aromatic carbocycles. The lowest BCUT2D eigenvalue weighted by atomic mass is 9.99. The van der Waals surface area contributed by atoms with Crippen LogP contribution >= 0.6 is 0 Å². The Kier molecular flexibility index (Phi) is 3.29. The third kappa shape index (κ3) is 2.77. The van der Waals surface area contributed by atoms with Crippen LogP contribution < -0.4 is 0 Å². The molecule has 0 spiro atoms. The number of halogens is 1. The molecule has 3 atom stereocenters. The number of carbonyl (C=O) groups is 1. The Labute approximate surface area is 113 Å². The summed E-state index contributed by atoms with van der Waals surface area (Å²) >= 11 is 0. The van der Waals surface area contributed by atoms with Gasteiger partial charge in [0.05, 0.1) is 24.9 Å². The molecule has 19 heavy (non-hydrogen) atoms. The fraction of sp³-hybridized carbons (Fsp3) is 0.929. The molecule has 1 amide bonds. The molecule has 1 saturated carbocycles. The second kappa shape index (κ2) is 4.70. The summed E-state index contributed by atoms with van der Waals surface area (Å²) in [6, 6.07) is -0.113. The standard InChI is InChI=1S/C14H22FNO3/c1-14(2)8-16(11-6-18-7-12(11)19-14)13(17)10(15)5-9-3-4-9/h9-12H,3-8H2,1-2H3/t10?,11-,12-/m1/s1. The maximum Gasteiger partial charge on any atom is 0.257 e. The van der Waals surface area contributed by atoms with E-state index >= 15 is 0 Å². The highest BCUT2D eigenvalue weighted by Crippen LogP contribution is 2.36. The van der Waals surface area contributed by atoms with Gasteiger partial charge in [0.15, 0.2) is 6.17 Å². The fourth-order valence-electron chi connectivity index (χ4n) is 3.07. The molecule has 0 aromatic heterocycles. The van der Waals surface area contributed by atoms with E-state index in [1.807, 2.05) is 13.8 Å². The summed E-state index contributed by atoms with van der Waals surface area (Å²) in [5.41, 5.74) is -0.427. The predicted octanol–water partition coefficient (Wildman–Crippen LogP) is 1.53. The average Bonchev–Trinajstić information content (AvgIpc) is 3.02. The summed E-state index contributed by atoms with van der Waals surface area (Å²) in [7, 11) is 0. The number of ether oxygens (including phenoxy) is 2. The molecular weight excluding hydrogens is 249 g/mol. The van der Waals surface area contributed by atoms with E-state index < -0.39 is 11.8 Å². The summed E-state index contributed by atoms with van der Waals surface area (Å²) in [5.74, 6) is 0.0485. The lowest BCUT2D eigenvalue weighted by Gasteiger charge is -2.45. The first-order valence-electron chi connectivity index (χ1n) is 7.16. The van der Waals surface area contributed by atoms with Gasteiger partial charge in [0.25, 0.3) is 5.91 Å². The van der Waals surface area contributed by atoms with Crippen LogP contribution in [0.3, 0.4) is 0 Å². The largest absolute Gasteiger partial charge is 0.376 e. The summed E-state index contributed by atoms with van der Waals surface area (Å²) in [6.45, 7) is 5.29. The van der Waals surface area contributed by atoms with E-state index in [0.717, 1.165) is 12.8 Å². The van der Waals surface area contributed by atoms with Crippen molar-refractivity contribution in [2.24, 2.45) is 5.92 Å². The first-order valence-corrected chi connectivity index (χ1v) is 7.16. The van der Waals surface area contributed by atoms with Gasteiger partial charge in [-0.3, -0.25) is 4.79 Å². The van der Waals surface area contributed by atoms with Crippen LogP contribution in [0.2, 0.25) is 0 Å². The molecule has 0 N–H and O–H groups in total. The molecule has 2 aliphatic heterocycles. The second-order valence-electron chi connectivity index (χ2n) is 6.63. The van der Waals surface area contributed by atoms with Gasteiger partial charge in [-0.15, -0.1) is 0 Å². The number of alkyl halides is 1. The molecule has 0 aromatic rings. The lowest BCUT2D eigenvalue weighted by molar-refractivity contribution is -0.173. The summed E-state index contributed by atoms with van der Waals surface area (Å²) in [4.78, 5) is 14.0. The van der Waals surface area contributed by atoms with Gasteiger partial charge in [0.2, 0.25) is 0 Å². The van der Waals surface area contributed by atoms with E-state index in [4.69, 9.17) is 9.47 Å². The number of morpholine rings is 1. The highest BCUT2D eigenvalue weighted by Gasteiger charge is 2.47. The van der Waals surface area contributed by atoms with Crippen LogP contribution in [0.1, 0.15) is 33.1 Å². The number of hydrogen-bond donors (Lipinski definition) is 0. The van der Waals surface area contributed by atoms with Gasteiger partial charge in [0, 0.05) is 6.54 Å². The molecule has 3 aliphatic rings. The Morgan fingerprint density at radius 3 is 2.84 bits per heavy atom. The van der Waals surface area contributed by atoms with Crippen molar-refractivity contribution >= 4 is 5.91 Å². The van der Waals surface area contributed by atoms with Gasteiger partial charge in [-0.25, -0.2) is 4.39 Å². The van der Waals surface area contributed by atoms with Crippen molar-refractivity contribution in [2.45, 2.75) is 57.0 Å². The molecule has 5 heteroatoms. The Balaban J connectivity index is 1.70. The lowest BCUT2D eigenvalue weighted by Crippen LogP contribution is -2.61. The molecule has 2 heterocycles. The van der Waals surface area contributed by atoms with E-state index in [9.17, 15) is 9.18 Å². The number of hydrogen-bond acceptors (Lipinski definition) is 3. The molecule has 3 rings (SSSR count). The number of rotatable bonds is 3. The van der Waals surface area contributed by atoms with Crippen LogP contribution in [0.4, 0.5) is 4.39 Å². The minimum Gasteiger partial charge on any atom is -0.376 e. The number of carbonyl (C=O) groups excluding carboxylic acids is 1. The molecule has 2 saturated heterocycles. The number of nitrogens with zero attached hydrogens (tertiary/aromatic N) is 1. The van der Waals surface area contributed by atoms with Crippen LogP contribution in [0.15, 0.2) is 0 Å². The van der Waals surface area contributed by atoms with E-state index in [2.05, 4.69) is 0 Å². The molecule has 0 radical (unpaired) electrons. The Bertz CT molecular complexity index is 370. The van der Waals surface area contributed by atoms with Crippen LogP contribution in [0.25, 0.3) is 0 Å². The SMILES string of the molecule is CC1(C)CN(C(=O)C(F)CC2CC2)[C@@H]2COC[C@H]2O1. The summed E-state index contributed by atoms with van der Waals surface area (Å²) < 4.78 is 25.4. The number of fused-ring (bicyclic) bond motifs is 1. The van der Waals surface area contributed by atoms with Crippen LogP contribution in [0.5, 0.6) is 0 Å². The highest BCUT2D eigenvalue weighted by atomic mass is 19.1. The van der Waals surface area contributed by atoms with E-state index in [1.54, 1.807) is 4.90 Å². The van der Waals surface area contributed by atoms with Crippen LogP contribution in [-0.4, -0.2) is 54.5 Å². The van der Waals surface area contributed by atoms with E-state index in [-0.39, 0.29) is 18.1 Å². The van der Waals surface area contributed by atoms with Crippen molar-refractivity contribution in [1.82, 2.24) is 4.90 Å². The average molecular weight is 271 g/mol. The third-order valence-corrected chi connectivity index (χ3v) is 4.21. The second-order valence-corrected chi connectivity index (χ2v) is 6.63. The topological polar surface area (TPSA) is 38.8 Å². The zero-order valence-corrected chi connectivity index (χ0v) is 11.6. The zero-order valence-electron chi connectivity index (χ0n) is 11.6. The van der Waals surface area contributed by atoms with Crippen LogP contribution in [0, 0.1) is 5.92 Å². The van der Waals surface area contributed by atoms with Gasteiger partial charge >= 0.3 is 0 Å². The van der Waals surface area contributed by atoms with E-state index in [0.29, 0.717) is 32.1 Å². The molecule has 3 fully saturated rings. The minimum absolute atomic E-state index is 0.110. The molecule has 4 nitrogen and oxygen atoms in total. The molecule has 1 unspecified atom stereocenters. The van der Waals surface area contributed by atoms with Crippen molar-refractivity contribution in [3.8, 4) is 0 Å². The van der Waals surface area contributed by atoms with Gasteiger partial charge in [-0.05, 0) is 26.2 Å². The predicted molar refractivity (Wildman–Crippen MR) is 67.5 cm³/mol. The van der Waals surface area contributed by atoms with Crippen molar-refractivity contribution < 1.29 is 18.7 Å². The minimum atomic E-state index is -1.36. The normalized spacial score (nSPS) is 35.0. The summed E-state index contributed by atoms with van der Waals surface area (Å²) in [6.07, 6.45) is 1.05. The Hall–Kier alpha value is -0.680. The maximum absolute atomic E-state index is 14.1. The van der Waals surface area contributed by atoms with Crippen molar-refractivity contribution in [2.75, 3.05) is 19.8 Å². The Morgan fingerprint density at radius 2 is 2.16 bits per heavy atom. The third-order valence-electron chi connectivity index (χ3n) is 4.21. The quantitative estimate of drug-likeness (QED) is 0.781. The van der Waals surface area contributed by atoms with Gasteiger partial charge in [0.1, 0.15) is 6.10 Å². The van der Waals surface area contributed by atoms with Crippen molar-refractivity contribution in [3.05, 3.63) is 0 Å². The van der Waals surface area contributed by atoms with Gasteiger partial charge < -0.3 is 14.4 Å².